The second-order valence-electron chi connectivity index (χ2n) is 6.32. The molecule has 0 radical (unpaired) electrons. The molecule has 0 atom stereocenters. The number of benzene rings is 2. The van der Waals surface area contributed by atoms with Crippen LogP contribution >= 0.6 is 0 Å². The van der Waals surface area contributed by atoms with Crippen molar-refractivity contribution in [1.29, 1.82) is 0 Å². The van der Waals surface area contributed by atoms with Crippen molar-refractivity contribution in [3.05, 3.63) is 102 Å². The Balaban J connectivity index is 1.40. The zero-order valence-electron chi connectivity index (χ0n) is 15.4. The molecule has 0 aliphatic rings. The number of para-hydroxylation sites is 1. The van der Waals surface area contributed by atoms with E-state index in [9.17, 15) is 9.18 Å². The van der Waals surface area contributed by atoms with Crippen molar-refractivity contribution in [2.75, 3.05) is 5.32 Å². The van der Waals surface area contributed by atoms with E-state index in [4.69, 9.17) is 9.15 Å². The fourth-order valence-corrected chi connectivity index (χ4v) is 2.80. The summed E-state index contributed by atoms with van der Waals surface area (Å²) in [6.45, 7) is 0.674. The Bertz CT molecular complexity index is 1090. The van der Waals surface area contributed by atoms with Gasteiger partial charge in [-0.3, -0.25) is 9.48 Å². The molecule has 2 aromatic carbocycles. The number of halogens is 1. The SMILES string of the molecule is O=C(Nc1ccccc1Cn1cccn1)c1ccc(COc2ccc(F)cc2)o1. The van der Waals surface area contributed by atoms with E-state index < -0.39 is 0 Å². The number of aromatic nitrogens is 2. The third-order valence-electron chi connectivity index (χ3n) is 4.24. The largest absolute Gasteiger partial charge is 0.486 e. The van der Waals surface area contributed by atoms with Crippen LogP contribution in [-0.2, 0) is 13.2 Å². The smallest absolute Gasteiger partial charge is 0.291 e. The minimum atomic E-state index is -0.356. The molecule has 4 aromatic rings. The zero-order chi connectivity index (χ0) is 20.1. The van der Waals surface area contributed by atoms with Crippen molar-refractivity contribution in [2.45, 2.75) is 13.2 Å². The molecular formula is C22H18FN3O3. The molecule has 0 saturated heterocycles. The molecule has 0 aliphatic carbocycles. The molecular weight excluding hydrogens is 373 g/mol. The van der Waals surface area contributed by atoms with Gasteiger partial charge in [0, 0.05) is 18.1 Å². The van der Waals surface area contributed by atoms with Crippen LogP contribution in [0.4, 0.5) is 10.1 Å². The molecule has 2 aromatic heterocycles. The quantitative estimate of drug-likeness (QED) is 0.504. The summed E-state index contributed by atoms with van der Waals surface area (Å²) in [5.74, 6) is 0.496. The number of nitrogens with zero attached hydrogens (tertiary/aromatic N) is 2. The summed E-state index contributed by atoms with van der Waals surface area (Å²) in [7, 11) is 0. The van der Waals surface area contributed by atoms with E-state index in [1.807, 2.05) is 36.5 Å². The number of amides is 1. The topological polar surface area (TPSA) is 69.3 Å². The van der Waals surface area contributed by atoms with E-state index in [1.165, 1.54) is 24.3 Å². The van der Waals surface area contributed by atoms with E-state index in [2.05, 4.69) is 10.4 Å². The van der Waals surface area contributed by atoms with Crippen LogP contribution in [0.1, 0.15) is 21.9 Å². The van der Waals surface area contributed by atoms with E-state index in [1.54, 1.807) is 23.0 Å². The molecule has 0 saturated carbocycles. The van der Waals surface area contributed by atoms with Gasteiger partial charge in [0.05, 0.1) is 6.54 Å². The lowest BCUT2D eigenvalue weighted by Crippen LogP contribution is -2.13. The molecule has 1 N–H and O–H groups in total. The van der Waals surface area contributed by atoms with Gasteiger partial charge in [0.1, 0.15) is 23.9 Å². The van der Waals surface area contributed by atoms with Gasteiger partial charge in [-0.05, 0) is 54.1 Å². The zero-order valence-corrected chi connectivity index (χ0v) is 15.4. The lowest BCUT2D eigenvalue weighted by molar-refractivity contribution is 0.0992. The van der Waals surface area contributed by atoms with E-state index in [0.717, 1.165) is 5.56 Å². The van der Waals surface area contributed by atoms with Gasteiger partial charge in [-0.15, -0.1) is 0 Å². The number of hydrogen-bond donors (Lipinski definition) is 1. The average molecular weight is 391 g/mol. The first-order valence-corrected chi connectivity index (χ1v) is 9.01. The Morgan fingerprint density at radius 3 is 2.69 bits per heavy atom. The Morgan fingerprint density at radius 2 is 1.90 bits per heavy atom. The summed E-state index contributed by atoms with van der Waals surface area (Å²) in [6, 6.07) is 18.3. The third kappa shape index (κ3) is 4.70. The second-order valence-corrected chi connectivity index (χ2v) is 6.32. The molecule has 0 unspecified atom stereocenters. The summed E-state index contributed by atoms with van der Waals surface area (Å²) >= 11 is 0. The molecule has 4 rings (SSSR count). The van der Waals surface area contributed by atoms with Gasteiger partial charge < -0.3 is 14.5 Å². The first kappa shape index (κ1) is 18.5. The number of carbonyl (C=O) groups is 1. The second kappa shape index (κ2) is 8.43. The maximum absolute atomic E-state index is 12.9. The molecule has 0 fully saturated rings. The summed E-state index contributed by atoms with van der Waals surface area (Å²) in [4.78, 5) is 12.6. The fraction of sp³-hybridized carbons (Fsp3) is 0.0909. The van der Waals surface area contributed by atoms with Crippen molar-refractivity contribution in [3.63, 3.8) is 0 Å². The molecule has 0 aliphatic heterocycles. The number of furan rings is 1. The van der Waals surface area contributed by atoms with Gasteiger partial charge in [0.15, 0.2) is 5.76 Å². The minimum Gasteiger partial charge on any atom is -0.486 e. The van der Waals surface area contributed by atoms with Crippen LogP contribution in [0.25, 0.3) is 0 Å². The number of carbonyl (C=O) groups excluding carboxylic acids is 1. The average Bonchev–Trinajstić information content (AvgIpc) is 3.41. The van der Waals surface area contributed by atoms with Crippen molar-refractivity contribution < 1.29 is 18.3 Å². The molecule has 2 heterocycles. The van der Waals surface area contributed by atoms with Gasteiger partial charge in [-0.1, -0.05) is 18.2 Å². The number of rotatable bonds is 7. The summed E-state index contributed by atoms with van der Waals surface area (Å²) in [5, 5.41) is 7.07. The Labute approximate surface area is 166 Å². The highest BCUT2D eigenvalue weighted by Gasteiger charge is 2.14. The van der Waals surface area contributed by atoms with E-state index >= 15 is 0 Å². The highest BCUT2D eigenvalue weighted by atomic mass is 19.1. The van der Waals surface area contributed by atoms with Crippen molar-refractivity contribution in [2.24, 2.45) is 0 Å². The molecule has 0 spiro atoms. The maximum Gasteiger partial charge on any atom is 0.291 e. The Morgan fingerprint density at radius 1 is 1.07 bits per heavy atom. The predicted octanol–water partition coefficient (Wildman–Crippen LogP) is 4.49. The Hall–Kier alpha value is -3.87. The van der Waals surface area contributed by atoms with Crippen LogP contribution in [0.3, 0.4) is 0 Å². The number of anilines is 1. The standard InChI is InChI=1S/C22H18FN3O3/c23-17-6-8-18(9-7-17)28-15-19-10-11-21(29-19)22(27)25-20-5-2-1-4-16(20)14-26-13-3-12-24-26/h1-13H,14-15H2,(H,25,27). The highest BCUT2D eigenvalue weighted by Crippen LogP contribution is 2.19. The Kier molecular flexibility index (Phi) is 5.38. The summed E-state index contributed by atoms with van der Waals surface area (Å²) < 4.78 is 25.8. The van der Waals surface area contributed by atoms with Gasteiger partial charge >= 0.3 is 0 Å². The summed E-state index contributed by atoms with van der Waals surface area (Å²) in [6.07, 6.45) is 3.57. The third-order valence-corrected chi connectivity index (χ3v) is 4.24. The predicted molar refractivity (Wildman–Crippen MR) is 105 cm³/mol. The van der Waals surface area contributed by atoms with E-state index in [-0.39, 0.29) is 24.1 Å². The lowest BCUT2D eigenvalue weighted by atomic mass is 10.1. The number of hydrogen-bond acceptors (Lipinski definition) is 4. The monoisotopic (exact) mass is 391 g/mol. The van der Waals surface area contributed by atoms with E-state index in [0.29, 0.717) is 23.7 Å². The molecule has 0 bridgehead atoms. The number of nitrogens with one attached hydrogen (secondary N) is 1. The highest BCUT2D eigenvalue weighted by molar-refractivity contribution is 6.02. The molecule has 7 heteroatoms. The summed E-state index contributed by atoms with van der Waals surface area (Å²) in [5.41, 5.74) is 1.62. The molecule has 29 heavy (non-hydrogen) atoms. The normalized spacial score (nSPS) is 10.7. The molecule has 146 valence electrons. The lowest BCUT2D eigenvalue weighted by Gasteiger charge is -2.10. The molecule has 1 amide bonds. The van der Waals surface area contributed by atoms with Gasteiger partial charge in [-0.25, -0.2) is 4.39 Å². The number of ether oxygens (including phenoxy) is 1. The first-order valence-electron chi connectivity index (χ1n) is 9.01. The van der Waals surface area contributed by atoms with Crippen molar-refractivity contribution in [3.8, 4) is 5.75 Å². The van der Waals surface area contributed by atoms with Crippen molar-refractivity contribution >= 4 is 11.6 Å². The molecule has 6 nitrogen and oxygen atoms in total. The van der Waals surface area contributed by atoms with Gasteiger partial charge in [-0.2, -0.15) is 5.10 Å². The maximum atomic E-state index is 12.9. The van der Waals surface area contributed by atoms with Crippen LogP contribution in [0.2, 0.25) is 0 Å². The fourth-order valence-electron chi connectivity index (χ4n) is 2.80. The van der Waals surface area contributed by atoms with Crippen LogP contribution in [0, 0.1) is 5.82 Å². The van der Waals surface area contributed by atoms with Gasteiger partial charge in [0.25, 0.3) is 5.91 Å². The first-order chi connectivity index (χ1) is 14.2. The van der Waals surface area contributed by atoms with Crippen LogP contribution < -0.4 is 10.1 Å². The van der Waals surface area contributed by atoms with Crippen LogP contribution in [0.5, 0.6) is 5.75 Å². The minimum absolute atomic E-state index is 0.134. The van der Waals surface area contributed by atoms with Crippen molar-refractivity contribution in [1.82, 2.24) is 9.78 Å². The van der Waals surface area contributed by atoms with Gasteiger partial charge in [0.2, 0.25) is 0 Å². The van der Waals surface area contributed by atoms with Crippen LogP contribution in [0.15, 0.2) is 83.5 Å². The van der Waals surface area contributed by atoms with Crippen LogP contribution in [-0.4, -0.2) is 15.7 Å².